The van der Waals surface area contributed by atoms with Gasteiger partial charge >= 0.3 is 11.9 Å². The molecule has 0 radical (unpaired) electrons. The van der Waals surface area contributed by atoms with E-state index in [1.807, 2.05) is 13.8 Å². The highest BCUT2D eigenvalue weighted by molar-refractivity contribution is 6.03. The van der Waals surface area contributed by atoms with Gasteiger partial charge in [-0.05, 0) is 67.8 Å². The molecule has 2 rings (SSSR count). The van der Waals surface area contributed by atoms with Gasteiger partial charge in [0.25, 0.3) is 0 Å². The number of rotatable bonds is 18. The number of anilines is 2. The predicted molar refractivity (Wildman–Crippen MR) is 165 cm³/mol. The molecule has 6 N–H and O–H groups in total. The molecule has 0 aliphatic carbocycles. The third kappa shape index (κ3) is 12.3. The molecule has 0 saturated carbocycles. The first-order chi connectivity index (χ1) is 20.7. The summed E-state index contributed by atoms with van der Waals surface area (Å²) in [5.74, 6) is -1.65. The summed E-state index contributed by atoms with van der Waals surface area (Å²) in [6, 6.07) is 13.3. The first-order valence-corrected chi connectivity index (χ1v) is 14.5. The Balaban J connectivity index is 2.22. The molecule has 12 heteroatoms. The van der Waals surface area contributed by atoms with E-state index in [1.54, 1.807) is 48.5 Å². The SMILES string of the molecule is CCCCCC(=O)ON=C(N)c1ccc(N(C(=O)CCCC(N)=O)c2ccc(C(N)=NOC(=O)CCCCC)cc2)cc1. The molecule has 43 heavy (non-hydrogen) atoms. The molecule has 0 bridgehead atoms. The number of amidine groups is 2. The van der Waals surface area contributed by atoms with Crippen LogP contribution in [-0.4, -0.2) is 35.4 Å². The first kappa shape index (κ1) is 34.5. The molecule has 0 aliphatic heterocycles. The predicted octanol–water partition coefficient (Wildman–Crippen LogP) is 4.49. The van der Waals surface area contributed by atoms with Crippen LogP contribution in [0, 0.1) is 0 Å². The minimum absolute atomic E-state index is 0.0138. The summed E-state index contributed by atoms with van der Waals surface area (Å²) in [7, 11) is 0. The van der Waals surface area contributed by atoms with E-state index in [-0.39, 0.29) is 49.7 Å². The molecule has 0 atom stereocenters. The van der Waals surface area contributed by atoms with Crippen LogP contribution >= 0.6 is 0 Å². The monoisotopic (exact) mass is 594 g/mol. The molecule has 2 aromatic rings. The molecular formula is C31H42N6O6. The van der Waals surface area contributed by atoms with Crippen molar-refractivity contribution in [1.82, 2.24) is 0 Å². The van der Waals surface area contributed by atoms with Gasteiger partial charge in [0.05, 0.1) is 0 Å². The van der Waals surface area contributed by atoms with Gasteiger partial charge in [0.2, 0.25) is 11.8 Å². The Morgan fingerprint density at radius 2 is 1.02 bits per heavy atom. The van der Waals surface area contributed by atoms with Crippen LogP contribution < -0.4 is 22.1 Å². The lowest BCUT2D eigenvalue weighted by Crippen LogP contribution is -2.26. The summed E-state index contributed by atoms with van der Waals surface area (Å²) in [4.78, 5) is 59.5. The number of carbonyl (C=O) groups excluding carboxylic acids is 4. The zero-order chi connectivity index (χ0) is 31.6. The van der Waals surface area contributed by atoms with Gasteiger partial charge in [-0.15, -0.1) is 0 Å². The van der Waals surface area contributed by atoms with E-state index in [2.05, 4.69) is 10.3 Å². The molecule has 12 nitrogen and oxygen atoms in total. The second kappa shape index (κ2) is 18.6. The molecule has 2 aromatic carbocycles. The molecule has 2 amide bonds. The summed E-state index contributed by atoms with van der Waals surface area (Å²) in [5, 5.41) is 7.47. The van der Waals surface area contributed by atoms with E-state index in [9.17, 15) is 19.2 Å². The average Bonchev–Trinajstić information content (AvgIpc) is 2.99. The summed E-state index contributed by atoms with van der Waals surface area (Å²) in [6.45, 7) is 4.08. The number of unbranched alkanes of at least 4 members (excludes halogenated alkanes) is 4. The van der Waals surface area contributed by atoms with Crippen molar-refractivity contribution in [3.63, 3.8) is 0 Å². The number of nitrogens with zero attached hydrogens (tertiary/aromatic N) is 3. The van der Waals surface area contributed by atoms with E-state index in [1.165, 1.54) is 4.90 Å². The summed E-state index contributed by atoms with van der Waals surface area (Å²) in [5.41, 5.74) is 19.3. The van der Waals surface area contributed by atoms with E-state index in [0.29, 0.717) is 22.5 Å². The van der Waals surface area contributed by atoms with Crippen LogP contribution in [0.1, 0.15) is 95.6 Å². The van der Waals surface area contributed by atoms with Crippen molar-refractivity contribution in [2.75, 3.05) is 4.90 Å². The second-order valence-electron chi connectivity index (χ2n) is 9.94. The average molecular weight is 595 g/mol. The maximum Gasteiger partial charge on any atom is 0.335 e. The summed E-state index contributed by atoms with van der Waals surface area (Å²) < 4.78 is 0. The molecule has 0 spiro atoms. The number of benzene rings is 2. The molecule has 0 saturated heterocycles. The van der Waals surface area contributed by atoms with Crippen molar-refractivity contribution in [3.8, 4) is 0 Å². The van der Waals surface area contributed by atoms with Crippen LogP contribution in [0.15, 0.2) is 58.8 Å². The van der Waals surface area contributed by atoms with Gasteiger partial charge in [0.15, 0.2) is 11.7 Å². The number of amides is 2. The van der Waals surface area contributed by atoms with Crippen molar-refractivity contribution in [3.05, 3.63) is 59.7 Å². The molecule has 0 heterocycles. The maximum atomic E-state index is 13.3. The Morgan fingerprint density at radius 1 is 0.605 bits per heavy atom. The standard InChI is InChI=1S/C31H42N6O6/c1-3-5-7-12-28(40)42-35-30(33)22-14-18-24(19-15-22)37(27(39)11-9-10-26(32)38)25-20-16-23(17-21-25)31(34)36-43-29(41)13-8-6-4-2/h14-21H,3-13H2,1-2H3,(H2,32,38)(H2,33,35)(H2,34,36). The van der Waals surface area contributed by atoms with Crippen LogP contribution in [0.4, 0.5) is 11.4 Å². The number of hydrogen-bond donors (Lipinski definition) is 3. The van der Waals surface area contributed by atoms with E-state index in [4.69, 9.17) is 26.9 Å². The highest BCUT2D eigenvalue weighted by Gasteiger charge is 2.19. The second-order valence-corrected chi connectivity index (χ2v) is 9.94. The molecule has 0 unspecified atom stereocenters. The Morgan fingerprint density at radius 3 is 1.40 bits per heavy atom. The first-order valence-electron chi connectivity index (χ1n) is 14.5. The smallest absolute Gasteiger partial charge is 0.335 e. The van der Waals surface area contributed by atoms with Crippen molar-refractivity contribution in [2.24, 2.45) is 27.5 Å². The Bertz CT molecular complexity index is 1190. The molecule has 232 valence electrons. The van der Waals surface area contributed by atoms with Crippen LogP contribution in [0.2, 0.25) is 0 Å². The van der Waals surface area contributed by atoms with Gasteiger partial charge < -0.3 is 26.9 Å². The van der Waals surface area contributed by atoms with Gasteiger partial charge in [0, 0.05) is 48.2 Å². The van der Waals surface area contributed by atoms with Crippen LogP contribution in [0.3, 0.4) is 0 Å². The molecule has 0 aromatic heterocycles. The molecule has 0 aliphatic rings. The Kier molecular flexibility index (Phi) is 14.9. The summed E-state index contributed by atoms with van der Waals surface area (Å²) >= 11 is 0. The van der Waals surface area contributed by atoms with Crippen molar-refractivity contribution >= 4 is 46.8 Å². The Hall–Kier alpha value is -4.74. The number of hydrogen-bond acceptors (Lipinski definition) is 8. The fourth-order valence-electron chi connectivity index (χ4n) is 3.96. The lowest BCUT2D eigenvalue weighted by Gasteiger charge is -2.23. The normalized spacial score (nSPS) is 11.6. The van der Waals surface area contributed by atoms with Crippen molar-refractivity contribution < 1.29 is 28.9 Å². The van der Waals surface area contributed by atoms with E-state index >= 15 is 0 Å². The number of carbonyl (C=O) groups is 4. The lowest BCUT2D eigenvalue weighted by atomic mass is 10.1. The maximum absolute atomic E-state index is 13.3. The van der Waals surface area contributed by atoms with Gasteiger partial charge in [-0.1, -0.05) is 49.8 Å². The fraction of sp³-hybridized carbons (Fsp3) is 0.419. The zero-order valence-electron chi connectivity index (χ0n) is 24.9. The quantitative estimate of drug-likeness (QED) is 0.0738. The Labute approximate surface area is 252 Å². The van der Waals surface area contributed by atoms with Gasteiger partial charge in [0.1, 0.15) is 0 Å². The van der Waals surface area contributed by atoms with Gasteiger partial charge in [-0.25, -0.2) is 9.59 Å². The summed E-state index contributed by atoms with van der Waals surface area (Å²) in [6.07, 6.45) is 6.20. The lowest BCUT2D eigenvalue weighted by molar-refractivity contribution is -0.144. The minimum Gasteiger partial charge on any atom is -0.380 e. The number of primary amides is 1. The van der Waals surface area contributed by atoms with Crippen LogP contribution in [0.5, 0.6) is 0 Å². The molecular weight excluding hydrogens is 552 g/mol. The van der Waals surface area contributed by atoms with Crippen LogP contribution in [0.25, 0.3) is 0 Å². The van der Waals surface area contributed by atoms with Crippen molar-refractivity contribution in [1.29, 1.82) is 0 Å². The minimum atomic E-state index is -0.491. The van der Waals surface area contributed by atoms with Crippen LogP contribution in [-0.2, 0) is 28.9 Å². The van der Waals surface area contributed by atoms with Gasteiger partial charge in [-0.3, -0.25) is 14.5 Å². The van der Waals surface area contributed by atoms with E-state index in [0.717, 1.165) is 38.5 Å². The van der Waals surface area contributed by atoms with Gasteiger partial charge in [-0.2, -0.15) is 0 Å². The third-order valence-electron chi connectivity index (χ3n) is 6.37. The highest BCUT2D eigenvalue weighted by Crippen LogP contribution is 2.28. The number of nitrogens with two attached hydrogens (primary N) is 3. The fourth-order valence-corrected chi connectivity index (χ4v) is 3.96. The highest BCUT2D eigenvalue weighted by atomic mass is 16.7. The largest absolute Gasteiger partial charge is 0.380 e. The number of oxime groups is 2. The van der Waals surface area contributed by atoms with Crippen molar-refractivity contribution in [2.45, 2.75) is 84.5 Å². The zero-order valence-corrected chi connectivity index (χ0v) is 24.9. The van der Waals surface area contributed by atoms with E-state index < -0.39 is 17.8 Å². The molecule has 0 fully saturated rings. The topological polar surface area (TPSA) is 193 Å². The third-order valence-corrected chi connectivity index (χ3v) is 6.37.